The maximum absolute atomic E-state index is 12.6. The number of aromatic nitrogens is 1. The van der Waals surface area contributed by atoms with E-state index in [1.54, 1.807) is 6.20 Å². The lowest BCUT2D eigenvalue weighted by atomic mass is 10.1. The fraction of sp³-hybridized carbons (Fsp3) is 0.368. The van der Waals surface area contributed by atoms with E-state index in [0.717, 1.165) is 32.0 Å². The summed E-state index contributed by atoms with van der Waals surface area (Å²) >= 11 is 0. The second kappa shape index (κ2) is 6.91. The van der Waals surface area contributed by atoms with Gasteiger partial charge < -0.3 is 14.7 Å². The number of carbonyl (C=O) groups is 1. The molecule has 5 heteroatoms. The van der Waals surface area contributed by atoms with Crippen LogP contribution in [0, 0.1) is 6.92 Å². The first-order valence-electron chi connectivity index (χ1n) is 8.29. The summed E-state index contributed by atoms with van der Waals surface area (Å²) < 4.78 is 0. The SMILES string of the molecule is Cc1cccc(N2CCN(C(=O)c3ccc(N(C)C)nc3)CC2)c1. The van der Waals surface area contributed by atoms with Crippen molar-refractivity contribution in [2.45, 2.75) is 6.92 Å². The van der Waals surface area contributed by atoms with E-state index in [4.69, 9.17) is 0 Å². The molecule has 1 amide bonds. The topological polar surface area (TPSA) is 39.7 Å². The van der Waals surface area contributed by atoms with Crippen LogP contribution in [0.4, 0.5) is 11.5 Å². The van der Waals surface area contributed by atoms with Crippen LogP contribution in [0.5, 0.6) is 0 Å². The first-order valence-corrected chi connectivity index (χ1v) is 8.29. The van der Waals surface area contributed by atoms with Gasteiger partial charge in [-0.2, -0.15) is 0 Å². The molecule has 1 aromatic heterocycles. The molecule has 0 unspecified atom stereocenters. The number of rotatable bonds is 3. The number of nitrogens with zero attached hydrogens (tertiary/aromatic N) is 4. The van der Waals surface area contributed by atoms with Gasteiger partial charge in [0.1, 0.15) is 5.82 Å². The number of piperazine rings is 1. The second-order valence-electron chi connectivity index (χ2n) is 6.42. The van der Waals surface area contributed by atoms with Gasteiger partial charge in [0.2, 0.25) is 0 Å². The van der Waals surface area contributed by atoms with Gasteiger partial charge in [-0.1, -0.05) is 12.1 Å². The van der Waals surface area contributed by atoms with Crippen LogP contribution in [0.2, 0.25) is 0 Å². The van der Waals surface area contributed by atoms with Crippen molar-refractivity contribution in [3.8, 4) is 0 Å². The predicted octanol–water partition coefficient (Wildman–Crippen LogP) is 2.42. The van der Waals surface area contributed by atoms with Crippen molar-refractivity contribution in [2.24, 2.45) is 0 Å². The van der Waals surface area contributed by atoms with Crippen molar-refractivity contribution in [1.29, 1.82) is 0 Å². The minimum absolute atomic E-state index is 0.0664. The molecule has 5 nitrogen and oxygen atoms in total. The van der Waals surface area contributed by atoms with E-state index in [1.807, 2.05) is 36.0 Å². The number of benzene rings is 1. The molecular weight excluding hydrogens is 300 g/mol. The summed E-state index contributed by atoms with van der Waals surface area (Å²) in [4.78, 5) is 23.1. The van der Waals surface area contributed by atoms with Crippen LogP contribution < -0.4 is 9.80 Å². The van der Waals surface area contributed by atoms with Gasteiger partial charge >= 0.3 is 0 Å². The van der Waals surface area contributed by atoms with Gasteiger partial charge in [0.15, 0.2) is 0 Å². The maximum Gasteiger partial charge on any atom is 0.255 e. The summed E-state index contributed by atoms with van der Waals surface area (Å²) in [5.74, 6) is 0.924. The maximum atomic E-state index is 12.6. The summed E-state index contributed by atoms with van der Waals surface area (Å²) in [5, 5.41) is 0. The van der Waals surface area contributed by atoms with E-state index < -0.39 is 0 Å². The van der Waals surface area contributed by atoms with Crippen molar-refractivity contribution in [3.63, 3.8) is 0 Å². The molecule has 0 N–H and O–H groups in total. The van der Waals surface area contributed by atoms with Crippen LogP contribution in [0.15, 0.2) is 42.6 Å². The highest BCUT2D eigenvalue weighted by molar-refractivity contribution is 5.94. The average molecular weight is 324 g/mol. The smallest absolute Gasteiger partial charge is 0.255 e. The van der Waals surface area contributed by atoms with E-state index in [0.29, 0.717) is 5.56 Å². The highest BCUT2D eigenvalue weighted by Gasteiger charge is 2.22. The van der Waals surface area contributed by atoms with Crippen LogP contribution in [0.25, 0.3) is 0 Å². The molecule has 2 heterocycles. The minimum Gasteiger partial charge on any atom is -0.368 e. The standard InChI is InChI=1S/C19H24N4O/c1-15-5-4-6-17(13-15)22-9-11-23(12-10-22)19(24)16-7-8-18(20-14-16)21(2)3/h4-8,13-14H,9-12H2,1-3H3. The van der Waals surface area contributed by atoms with Gasteiger partial charge in [0, 0.05) is 52.2 Å². The van der Waals surface area contributed by atoms with Crippen molar-refractivity contribution in [3.05, 3.63) is 53.7 Å². The Hall–Kier alpha value is -2.56. The van der Waals surface area contributed by atoms with E-state index in [9.17, 15) is 4.79 Å². The summed E-state index contributed by atoms with van der Waals surface area (Å²) in [5.41, 5.74) is 3.15. The Balaban J connectivity index is 1.62. The summed E-state index contributed by atoms with van der Waals surface area (Å²) in [6, 6.07) is 12.3. The summed E-state index contributed by atoms with van der Waals surface area (Å²) in [6.45, 7) is 5.30. The Morgan fingerprint density at radius 3 is 2.42 bits per heavy atom. The Bertz CT molecular complexity index is 704. The molecule has 3 rings (SSSR count). The molecule has 24 heavy (non-hydrogen) atoms. The molecule has 126 valence electrons. The number of pyridine rings is 1. The van der Waals surface area contributed by atoms with Gasteiger partial charge in [-0.25, -0.2) is 4.98 Å². The quantitative estimate of drug-likeness (QED) is 0.869. The van der Waals surface area contributed by atoms with Crippen molar-refractivity contribution < 1.29 is 4.79 Å². The van der Waals surface area contributed by atoms with Crippen molar-refractivity contribution >= 4 is 17.4 Å². The third kappa shape index (κ3) is 3.50. The number of carbonyl (C=O) groups excluding carboxylic acids is 1. The van der Waals surface area contributed by atoms with Crippen LogP contribution in [-0.2, 0) is 0 Å². The zero-order chi connectivity index (χ0) is 17.1. The number of aryl methyl sites for hydroxylation is 1. The molecule has 2 aromatic rings. The van der Waals surface area contributed by atoms with E-state index in [1.165, 1.54) is 11.3 Å². The Morgan fingerprint density at radius 2 is 1.83 bits per heavy atom. The van der Waals surface area contributed by atoms with Gasteiger partial charge in [-0.05, 0) is 36.8 Å². The minimum atomic E-state index is 0.0664. The fourth-order valence-corrected chi connectivity index (χ4v) is 2.95. The molecule has 0 radical (unpaired) electrons. The summed E-state index contributed by atoms with van der Waals surface area (Å²) in [6.07, 6.45) is 1.67. The lowest BCUT2D eigenvalue weighted by Gasteiger charge is -2.36. The van der Waals surface area contributed by atoms with E-state index in [2.05, 4.69) is 41.1 Å². The zero-order valence-electron chi connectivity index (χ0n) is 14.6. The van der Waals surface area contributed by atoms with Gasteiger partial charge in [-0.15, -0.1) is 0 Å². The number of anilines is 2. The fourth-order valence-electron chi connectivity index (χ4n) is 2.95. The molecule has 1 fully saturated rings. The third-order valence-corrected chi connectivity index (χ3v) is 4.39. The van der Waals surface area contributed by atoms with Crippen molar-refractivity contribution in [1.82, 2.24) is 9.88 Å². The molecule has 0 bridgehead atoms. The van der Waals surface area contributed by atoms with Crippen LogP contribution >= 0.6 is 0 Å². The first-order chi connectivity index (χ1) is 11.5. The lowest BCUT2D eigenvalue weighted by Crippen LogP contribution is -2.48. The van der Waals surface area contributed by atoms with Crippen molar-refractivity contribution in [2.75, 3.05) is 50.1 Å². The average Bonchev–Trinajstić information content (AvgIpc) is 2.61. The summed E-state index contributed by atoms with van der Waals surface area (Å²) in [7, 11) is 3.88. The van der Waals surface area contributed by atoms with E-state index in [-0.39, 0.29) is 5.91 Å². The first kappa shape index (κ1) is 16.3. The zero-order valence-corrected chi connectivity index (χ0v) is 14.6. The molecule has 0 spiro atoms. The highest BCUT2D eigenvalue weighted by atomic mass is 16.2. The molecule has 1 aliphatic heterocycles. The largest absolute Gasteiger partial charge is 0.368 e. The molecule has 0 saturated carbocycles. The number of hydrogen-bond acceptors (Lipinski definition) is 4. The van der Waals surface area contributed by atoms with Gasteiger partial charge in [-0.3, -0.25) is 4.79 Å². The number of amides is 1. The Morgan fingerprint density at radius 1 is 1.08 bits per heavy atom. The second-order valence-corrected chi connectivity index (χ2v) is 6.42. The molecule has 1 aromatic carbocycles. The molecule has 0 atom stereocenters. The Kier molecular flexibility index (Phi) is 4.69. The lowest BCUT2D eigenvalue weighted by molar-refractivity contribution is 0.0746. The van der Waals surface area contributed by atoms with E-state index >= 15 is 0 Å². The number of hydrogen-bond donors (Lipinski definition) is 0. The Labute approximate surface area is 143 Å². The normalized spacial score (nSPS) is 14.6. The molecular formula is C19H24N4O. The molecule has 0 aliphatic carbocycles. The van der Waals surface area contributed by atoms with Gasteiger partial charge in [0.25, 0.3) is 5.91 Å². The van der Waals surface area contributed by atoms with Crippen LogP contribution in [0.3, 0.4) is 0 Å². The highest BCUT2D eigenvalue weighted by Crippen LogP contribution is 2.19. The van der Waals surface area contributed by atoms with Crippen LogP contribution in [-0.4, -0.2) is 56.1 Å². The molecule has 1 aliphatic rings. The third-order valence-electron chi connectivity index (χ3n) is 4.39. The predicted molar refractivity (Wildman–Crippen MR) is 97.9 cm³/mol. The molecule has 1 saturated heterocycles. The van der Waals surface area contributed by atoms with Crippen LogP contribution in [0.1, 0.15) is 15.9 Å². The van der Waals surface area contributed by atoms with Gasteiger partial charge in [0.05, 0.1) is 5.56 Å². The monoisotopic (exact) mass is 324 g/mol.